The van der Waals surface area contributed by atoms with Gasteiger partial charge in [-0.1, -0.05) is 5.16 Å². The van der Waals surface area contributed by atoms with Crippen molar-refractivity contribution in [3.8, 4) is 0 Å². The second-order valence-electron chi connectivity index (χ2n) is 4.95. The van der Waals surface area contributed by atoms with Gasteiger partial charge in [0.15, 0.2) is 5.82 Å². The zero-order valence-corrected chi connectivity index (χ0v) is 12.2. The van der Waals surface area contributed by atoms with E-state index in [0.29, 0.717) is 18.3 Å². The molecule has 20 heavy (non-hydrogen) atoms. The van der Waals surface area contributed by atoms with Crippen LogP contribution in [-0.4, -0.2) is 51.5 Å². The van der Waals surface area contributed by atoms with Gasteiger partial charge >= 0.3 is 0 Å². The first kappa shape index (κ1) is 14.9. The van der Waals surface area contributed by atoms with Gasteiger partial charge in [-0.15, -0.1) is 0 Å². The van der Waals surface area contributed by atoms with Crippen molar-refractivity contribution in [2.45, 2.75) is 45.8 Å². The van der Waals surface area contributed by atoms with Crippen LogP contribution >= 0.6 is 0 Å². The molecule has 0 aliphatic carbocycles. The number of hydrogen-bond donors (Lipinski definition) is 1. The summed E-state index contributed by atoms with van der Waals surface area (Å²) in [6, 6.07) is -0.0604. The maximum atomic E-state index is 12.5. The summed E-state index contributed by atoms with van der Waals surface area (Å²) >= 11 is 0. The van der Waals surface area contributed by atoms with Crippen molar-refractivity contribution in [2.24, 2.45) is 5.73 Å². The number of carbonyl (C=O) groups excluding carboxylic acids is 1. The van der Waals surface area contributed by atoms with E-state index in [1.54, 1.807) is 0 Å². The van der Waals surface area contributed by atoms with Crippen molar-refractivity contribution in [1.82, 2.24) is 19.9 Å². The highest BCUT2D eigenvalue weighted by Gasteiger charge is 2.33. The SMILES string of the molecule is CCN(CC)C(=O)C1CCCN1Cc1noc(CN)n1. The molecule has 0 aromatic carbocycles. The molecular formula is C13H23N5O2. The number of likely N-dealkylation sites (N-methyl/N-ethyl adjacent to an activating group) is 1. The maximum Gasteiger partial charge on any atom is 0.240 e. The van der Waals surface area contributed by atoms with Crippen molar-refractivity contribution < 1.29 is 9.32 Å². The van der Waals surface area contributed by atoms with E-state index < -0.39 is 0 Å². The minimum Gasteiger partial charge on any atom is -0.342 e. The molecule has 2 N–H and O–H groups in total. The average molecular weight is 281 g/mol. The van der Waals surface area contributed by atoms with Gasteiger partial charge in [0.05, 0.1) is 19.1 Å². The first-order valence-corrected chi connectivity index (χ1v) is 7.23. The molecule has 0 radical (unpaired) electrons. The molecule has 1 fully saturated rings. The van der Waals surface area contributed by atoms with E-state index in [9.17, 15) is 4.79 Å². The normalized spacial score (nSPS) is 19.4. The van der Waals surface area contributed by atoms with Crippen LogP contribution in [0.1, 0.15) is 38.4 Å². The predicted octanol–water partition coefficient (Wildman–Crippen LogP) is 0.361. The second-order valence-corrected chi connectivity index (χ2v) is 4.95. The lowest BCUT2D eigenvalue weighted by Crippen LogP contribution is -2.45. The van der Waals surface area contributed by atoms with Crippen LogP contribution in [0, 0.1) is 0 Å². The summed E-state index contributed by atoms with van der Waals surface area (Å²) in [5, 5.41) is 3.90. The zero-order valence-electron chi connectivity index (χ0n) is 12.2. The predicted molar refractivity (Wildman–Crippen MR) is 73.5 cm³/mol. The van der Waals surface area contributed by atoms with Gasteiger partial charge in [-0.05, 0) is 33.2 Å². The van der Waals surface area contributed by atoms with Crippen LogP contribution < -0.4 is 5.73 Å². The topological polar surface area (TPSA) is 88.5 Å². The molecule has 0 saturated carbocycles. The number of nitrogens with two attached hydrogens (primary N) is 1. The van der Waals surface area contributed by atoms with Crippen LogP contribution in [0.4, 0.5) is 0 Å². The highest BCUT2D eigenvalue weighted by molar-refractivity contribution is 5.82. The molecular weight excluding hydrogens is 258 g/mol. The molecule has 1 aromatic heterocycles. The van der Waals surface area contributed by atoms with Crippen LogP contribution in [0.5, 0.6) is 0 Å². The van der Waals surface area contributed by atoms with Gasteiger partial charge in [-0.25, -0.2) is 0 Å². The van der Waals surface area contributed by atoms with Gasteiger partial charge in [0.25, 0.3) is 0 Å². The van der Waals surface area contributed by atoms with Crippen LogP contribution in [0.15, 0.2) is 4.52 Å². The van der Waals surface area contributed by atoms with Crippen LogP contribution in [0.25, 0.3) is 0 Å². The lowest BCUT2D eigenvalue weighted by Gasteiger charge is -2.28. The third-order valence-corrected chi connectivity index (χ3v) is 3.75. The Bertz CT molecular complexity index is 444. The molecule has 1 aromatic rings. The van der Waals surface area contributed by atoms with Crippen LogP contribution in [0.3, 0.4) is 0 Å². The Hall–Kier alpha value is -1.47. The van der Waals surface area contributed by atoms with Gasteiger partial charge in [0, 0.05) is 13.1 Å². The number of nitrogens with zero attached hydrogens (tertiary/aromatic N) is 4. The van der Waals surface area contributed by atoms with Crippen LogP contribution in [-0.2, 0) is 17.9 Å². The van der Waals surface area contributed by atoms with Crippen molar-refractivity contribution >= 4 is 5.91 Å². The summed E-state index contributed by atoms with van der Waals surface area (Å²) in [6.45, 7) is 7.19. The fourth-order valence-electron chi connectivity index (χ4n) is 2.66. The highest BCUT2D eigenvalue weighted by atomic mass is 16.5. The van der Waals surface area contributed by atoms with Gasteiger partial charge in [-0.3, -0.25) is 9.69 Å². The van der Waals surface area contributed by atoms with Crippen molar-refractivity contribution in [1.29, 1.82) is 0 Å². The van der Waals surface area contributed by atoms with Crippen LogP contribution in [0.2, 0.25) is 0 Å². The molecule has 7 nitrogen and oxygen atoms in total. The molecule has 1 unspecified atom stereocenters. The Kier molecular flexibility index (Phi) is 5.08. The third kappa shape index (κ3) is 3.16. The molecule has 7 heteroatoms. The Morgan fingerprint density at radius 1 is 1.50 bits per heavy atom. The summed E-state index contributed by atoms with van der Waals surface area (Å²) < 4.78 is 5.00. The van der Waals surface area contributed by atoms with Gasteiger partial charge in [0.1, 0.15) is 0 Å². The minimum atomic E-state index is -0.0604. The first-order chi connectivity index (χ1) is 9.69. The summed E-state index contributed by atoms with van der Waals surface area (Å²) in [7, 11) is 0. The Balaban J connectivity index is 2.01. The number of amides is 1. The second kappa shape index (κ2) is 6.81. The van der Waals surface area contributed by atoms with Crippen molar-refractivity contribution in [3.05, 3.63) is 11.7 Å². The van der Waals surface area contributed by atoms with E-state index >= 15 is 0 Å². The van der Waals surface area contributed by atoms with E-state index in [4.69, 9.17) is 10.3 Å². The minimum absolute atomic E-state index is 0.0604. The summed E-state index contributed by atoms with van der Waals surface area (Å²) in [6.07, 6.45) is 1.93. The highest BCUT2D eigenvalue weighted by Crippen LogP contribution is 2.21. The largest absolute Gasteiger partial charge is 0.342 e. The molecule has 1 atom stereocenters. The van der Waals surface area contributed by atoms with E-state index in [-0.39, 0.29) is 18.5 Å². The number of likely N-dealkylation sites (tertiary alicyclic amines) is 1. The molecule has 1 amide bonds. The van der Waals surface area contributed by atoms with Gasteiger partial charge in [-0.2, -0.15) is 4.98 Å². The number of carbonyl (C=O) groups is 1. The van der Waals surface area contributed by atoms with E-state index in [2.05, 4.69) is 15.0 Å². The van der Waals surface area contributed by atoms with Gasteiger partial charge in [0.2, 0.25) is 11.8 Å². The quantitative estimate of drug-likeness (QED) is 0.810. The Morgan fingerprint density at radius 2 is 2.25 bits per heavy atom. The molecule has 2 rings (SSSR count). The van der Waals surface area contributed by atoms with Crippen molar-refractivity contribution in [3.63, 3.8) is 0 Å². The Labute approximate surface area is 119 Å². The summed E-state index contributed by atoms with van der Waals surface area (Å²) in [5.41, 5.74) is 5.45. The fraction of sp³-hybridized carbons (Fsp3) is 0.769. The number of aromatic nitrogens is 2. The molecule has 0 spiro atoms. The average Bonchev–Trinajstić information content (AvgIpc) is 3.09. The van der Waals surface area contributed by atoms with Crippen molar-refractivity contribution in [2.75, 3.05) is 19.6 Å². The first-order valence-electron chi connectivity index (χ1n) is 7.23. The third-order valence-electron chi connectivity index (χ3n) is 3.75. The monoisotopic (exact) mass is 281 g/mol. The number of hydrogen-bond acceptors (Lipinski definition) is 6. The van der Waals surface area contributed by atoms with E-state index in [1.165, 1.54) is 0 Å². The summed E-state index contributed by atoms with van der Waals surface area (Å²) in [5.74, 6) is 1.24. The summed E-state index contributed by atoms with van der Waals surface area (Å²) in [4.78, 5) is 20.7. The molecule has 2 heterocycles. The van der Waals surface area contributed by atoms with Gasteiger partial charge < -0.3 is 15.2 Å². The lowest BCUT2D eigenvalue weighted by atomic mass is 10.2. The zero-order chi connectivity index (χ0) is 14.5. The smallest absolute Gasteiger partial charge is 0.240 e. The molecule has 1 saturated heterocycles. The Morgan fingerprint density at radius 3 is 2.85 bits per heavy atom. The fourth-order valence-corrected chi connectivity index (χ4v) is 2.66. The molecule has 112 valence electrons. The lowest BCUT2D eigenvalue weighted by molar-refractivity contribution is -0.135. The number of rotatable bonds is 6. The maximum absolute atomic E-state index is 12.5. The van der Waals surface area contributed by atoms with E-state index in [1.807, 2.05) is 18.7 Å². The van der Waals surface area contributed by atoms with E-state index in [0.717, 1.165) is 32.5 Å². The molecule has 1 aliphatic rings. The molecule has 0 bridgehead atoms. The molecule has 1 aliphatic heterocycles. The standard InChI is InChI=1S/C13H23N5O2/c1-3-17(4-2)13(19)10-6-5-7-18(10)9-11-15-12(8-14)20-16-11/h10H,3-9,14H2,1-2H3.